The number of nitrogens with zero attached hydrogens (tertiary/aromatic N) is 2. The van der Waals surface area contributed by atoms with Crippen molar-refractivity contribution in [3.8, 4) is 39.2 Å². The smallest absolute Gasteiger partial charge is 0.229 e. The molecule has 0 saturated carbocycles. The van der Waals surface area contributed by atoms with E-state index in [0.717, 1.165) is 40.0 Å². The van der Waals surface area contributed by atoms with Gasteiger partial charge < -0.3 is 0 Å². The van der Waals surface area contributed by atoms with Crippen LogP contribution in [0, 0.1) is 13.8 Å². The van der Waals surface area contributed by atoms with E-state index in [1.807, 2.05) is 29.8 Å². The summed E-state index contributed by atoms with van der Waals surface area (Å²) in [4.78, 5) is 0. The van der Waals surface area contributed by atoms with Gasteiger partial charge in [0.2, 0.25) is 10.0 Å². The van der Waals surface area contributed by atoms with Crippen LogP contribution in [0.25, 0.3) is 39.2 Å². The zero-order chi connectivity index (χ0) is 25.3. The molecular weight excluding hydrogens is 466 g/mol. The Morgan fingerprint density at radius 1 is 0.639 bits per heavy atom. The van der Waals surface area contributed by atoms with Gasteiger partial charge >= 0.3 is 0 Å². The molecule has 1 aromatic heterocycles. The Balaban J connectivity index is 1.39. The second kappa shape index (κ2) is 9.47. The summed E-state index contributed by atoms with van der Waals surface area (Å²) in [5, 5.41) is 4.66. The van der Waals surface area contributed by atoms with Crippen molar-refractivity contribution in [3.05, 3.63) is 114 Å². The fourth-order valence-corrected chi connectivity index (χ4v) is 4.79. The van der Waals surface area contributed by atoms with Gasteiger partial charge in [0.15, 0.2) is 0 Å². The summed E-state index contributed by atoms with van der Waals surface area (Å²) >= 11 is 0. The number of rotatable bonds is 6. The van der Waals surface area contributed by atoms with Crippen LogP contribution in [0.5, 0.6) is 0 Å². The first-order valence-electron chi connectivity index (χ1n) is 11.7. The van der Waals surface area contributed by atoms with Crippen molar-refractivity contribution in [2.75, 3.05) is 11.0 Å². The number of sulfonamides is 1. The van der Waals surface area contributed by atoms with Crippen LogP contribution >= 0.6 is 0 Å². The summed E-state index contributed by atoms with van der Waals surface area (Å²) in [5.41, 5.74) is 10.3. The molecule has 0 saturated heterocycles. The Labute approximate surface area is 212 Å². The van der Waals surface area contributed by atoms with Gasteiger partial charge in [-0.1, -0.05) is 78.4 Å². The molecule has 0 radical (unpaired) electrons. The maximum atomic E-state index is 11.5. The molecule has 6 heteroatoms. The number of aryl methyl sites for hydroxylation is 2. The van der Waals surface area contributed by atoms with Crippen LogP contribution in [0.4, 0.5) is 5.69 Å². The summed E-state index contributed by atoms with van der Waals surface area (Å²) in [6, 6.07) is 34.9. The number of hydrogen-bond acceptors (Lipinski definition) is 3. The minimum Gasteiger partial charge on any atom is -0.284 e. The quantitative estimate of drug-likeness (QED) is 0.281. The number of aromatic nitrogens is 2. The van der Waals surface area contributed by atoms with Gasteiger partial charge in [0.1, 0.15) is 0 Å². The standard InChI is InChI=1S/C30H27N3O2S/c1-21-4-6-23(7-5-21)24-8-10-25(11-9-24)26-12-14-27(15-13-26)30-20-22(2)31-33(30)29-18-16-28(17-19-29)32-36(3,34)35/h4-20,32H,1-3H3. The van der Waals surface area contributed by atoms with E-state index in [9.17, 15) is 8.42 Å². The fourth-order valence-electron chi connectivity index (χ4n) is 4.22. The van der Waals surface area contributed by atoms with Crippen molar-refractivity contribution in [1.29, 1.82) is 0 Å². The molecule has 5 aromatic rings. The van der Waals surface area contributed by atoms with Gasteiger partial charge in [-0.3, -0.25) is 4.72 Å². The van der Waals surface area contributed by atoms with Crippen LogP contribution in [-0.4, -0.2) is 24.5 Å². The minimum absolute atomic E-state index is 0.518. The molecule has 180 valence electrons. The lowest BCUT2D eigenvalue weighted by Crippen LogP contribution is -2.09. The highest BCUT2D eigenvalue weighted by molar-refractivity contribution is 7.92. The molecule has 0 fully saturated rings. The van der Waals surface area contributed by atoms with Crippen LogP contribution in [0.2, 0.25) is 0 Å². The molecule has 0 aliphatic heterocycles. The van der Waals surface area contributed by atoms with Crippen LogP contribution in [0.1, 0.15) is 11.3 Å². The second-order valence-electron chi connectivity index (χ2n) is 9.02. The van der Waals surface area contributed by atoms with Gasteiger partial charge in [0, 0.05) is 11.3 Å². The lowest BCUT2D eigenvalue weighted by molar-refractivity contribution is 0.607. The predicted octanol–water partition coefficient (Wildman–Crippen LogP) is 6.86. The van der Waals surface area contributed by atoms with Crippen molar-refractivity contribution in [3.63, 3.8) is 0 Å². The molecule has 5 rings (SSSR count). The number of benzene rings is 4. The van der Waals surface area contributed by atoms with Crippen molar-refractivity contribution in [1.82, 2.24) is 9.78 Å². The Kier molecular flexibility index (Phi) is 6.20. The molecule has 36 heavy (non-hydrogen) atoms. The van der Waals surface area contributed by atoms with Crippen molar-refractivity contribution in [2.24, 2.45) is 0 Å². The minimum atomic E-state index is -3.32. The van der Waals surface area contributed by atoms with Crippen LogP contribution < -0.4 is 4.72 Å². The highest BCUT2D eigenvalue weighted by Crippen LogP contribution is 2.29. The molecule has 0 spiro atoms. The molecular formula is C30H27N3O2S. The van der Waals surface area contributed by atoms with E-state index in [2.05, 4.69) is 89.5 Å². The maximum Gasteiger partial charge on any atom is 0.229 e. The molecule has 0 amide bonds. The average Bonchev–Trinajstić information content (AvgIpc) is 3.26. The normalized spacial score (nSPS) is 11.4. The van der Waals surface area contributed by atoms with Gasteiger partial charge in [-0.15, -0.1) is 0 Å². The average molecular weight is 494 g/mol. The van der Waals surface area contributed by atoms with Gasteiger partial charge in [-0.2, -0.15) is 5.10 Å². The monoisotopic (exact) mass is 493 g/mol. The van der Waals surface area contributed by atoms with Gasteiger partial charge in [0.05, 0.1) is 23.3 Å². The molecule has 1 heterocycles. The van der Waals surface area contributed by atoms with E-state index < -0.39 is 10.0 Å². The van der Waals surface area contributed by atoms with Gasteiger partial charge in [-0.25, -0.2) is 13.1 Å². The Bertz CT molecular complexity index is 1600. The summed E-state index contributed by atoms with van der Waals surface area (Å²) < 4.78 is 27.4. The van der Waals surface area contributed by atoms with Crippen LogP contribution in [0.3, 0.4) is 0 Å². The first kappa shape index (κ1) is 23.6. The molecule has 0 aliphatic rings. The van der Waals surface area contributed by atoms with E-state index in [4.69, 9.17) is 0 Å². The highest BCUT2D eigenvalue weighted by atomic mass is 32.2. The molecule has 1 N–H and O–H groups in total. The Hall–Kier alpha value is -4.16. The van der Waals surface area contributed by atoms with Crippen molar-refractivity contribution >= 4 is 15.7 Å². The van der Waals surface area contributed by atoms with E-state index in [0.29, 0.717) is 5.69 Å². The van der Waals surface area contributed by atoms with Gasteiger partial charge in [-0.05, 0) is 66.4 Å². The topological polar surface area (TPSA) is 64.0 Å². The van der Waals surface area contributed by atoms with E-state index in [1.165, 1.54) is 16.7 Å². The largest absolute Gasteiger partial charge is 0.284 e. The number of anilines is 1. The molecule has 0 aliphatic carbocycles. The molecule has 5 nitrogen and oxygen atoms in total. The van der Waals surface area contributed by atoms with Crippen LogP contribution in [-0.2, 0) is 10.0 Å². The number of hydrogen-bond donors (Lipinski definition) is 1. The lowest BCUT2D eigenvalue weighted by Gasteiger charge is -2.10. The first-order valence-corrected chi connectivity index (χ1v) is 13.6. The van der Waals surface area contributed by atoms with E-state index in [-0.39, 0.29) is 0 Å². The molecule has 0 unspecified atom stereocenters. The number of nitrogens with one attached hydrogen (secondary N) is 1. The molecule has 4 aromatic carbocycles. The Morgan fingerprint density at radius 3 is 1.56 bits per heavy atom. The zero-order valence-corrected chi connectivity index (χ0v) is 21.3. The lowest BCUT2D eigenvalue weighted by atomic mass is 9.98. The fraction of sp³-hybridized carbons (Fsp3) is 0.100. The molecule has 0 bridgehead atoms. The summed E-state index contributed by atoms with van der Waals surface area (Å²) in [6.07, 6.45) is 1.14. The van der Waals surface area contributed by atoms with E-state index >= 15 is 0 Å². The predicted molar refractivity (Wildman–Crippen MR) is 148 cm³/mol. The third kappa shape index (κ3) is 5.24. The summed E-state index contributed by atoms with van der Waals surface area (Å²) in [6.45, 7) is 4.06. The van der Waals surface area contributed by atoms with Crippen molar-refractivity contribution in [2.45, 2.75) is 13.8 Å². The molecule has 0 atom stereocenters. The third-order valence-corrected chi connectivity index (χ3v) is 6.64. The Morgan fingerprint density at radius 2 is 1.08 bits per heavy atom. The van der Waals surface area contributed by atoms with E-state index in [1.54, 1.807) is 12.1 Å². The van der Waals surface area contributed by atoms with Crippen molar-refractivity contribution < 1.29 is 8.42 Å². The van der Waals surface area contributed by atoms with Crippen LogP contribution in [0.15, 0.2) is 103 Å². The maximum absolute atomic E-state index is 11.5. The third-order valence-electron chi connectivity index (χ3n) is 6.03. The zero-order valence-electron chi connectivity index (χ0n) is 20.4. The summed E-state index contributed by atoms with van der Waals surface area (Å²) in [5.74, 6) is 0. The highest BCUT2D eigenvalue weighted by Gasteiger charge is 2.11. The second-order valence-corrected chi connectivity index (χ2v) is 10.8. The van der Waals surface area contributed by atoms with Gasteiger partial charge in [0.25, 0.3) is 0 Å². The summed E-state index contributed by atoms with van der Waals surface area (Å²) in [7, 11) is -3.32. The SMILES string of the molecule is Cc1ccc(-c2ccc(-c3ccc(-c4cc(C)nn4-c4ccc(NS(C)(=O)=O)cc4)cc3)cc2)cc1. The first-order chi connectivity index (χ1) is 17.2.